The number of unbranched alkanes of at least 4 members (excludes halogenated alkanes) is 3. The highest BCUT2D eigenvalue weighted by Gasteiger charge is 2.40. The standard InChI is InChI=1S/C23H31F2NO4.C14H20NO6P/c1-2-30-22(29)12-8-3-4-9-17-26-19(14-16-21(26)28)13-15-20(27)23(24,25)18-10-6-5-7-11-18;1-14(18,22(19,20)21)8-2-9-15-13(17)12-5-3-11(4-6-12)7-10-16/h5-7,10-11,13,15,19-20,27H,2-4,8-9,12,14,16-17H2,1H3;3-6,10,18H,2,7-9H2,1H3,(H,15,17)(H2,19,20,21)/b15-13+;/t19-,20+;/m0./s1/i5T;. The number of carbonyl (C=O) groups excluding carboxylic acids is 4. The van der Waals surface area contributed by atoms with Crippen molar-refractivity contribution in [3.8, 4) is 0 Å². The summed E-state index contributed by atoms with van der Waals surface area (Å²) in [6, 6.07) is 11.1. The van der Waals surface area contributed by atoms with Crippen LogP contribution in [0.2, 0.25) is 0 Å². The summed E-state index contributed by atoms with van der Waals surface area (Å²) < 4.78 is 52.2. The Balaban J connectivity index is 0.000000390. The van der Waals surface area contributed by atoms with Gasteiger partial charge in [-0.15, -0.1) is 0 Å². The Kier molecular flexibility index (Phi) is 17.7. The van der Waals surface area contributed by atoms with E-state index < -0.39 is 25.0 Å². The predicted octanol–water partition coefficient (Wildman–Crippen LogP) is 5.02. The number of hydrogen-bond acceptors (Lipinski definition) is 8. The molecular weight excluding hydrogens is 701 g/mol. The third-order valence-corrected chi connectivity index (χ3v) is 9.95. The Morgan fingerprint density at radius 3 is 2.38 bits per heavy atom. The van der Waals surface area contributed by atoms with Crippen molar-refractivity contribution >= 4 is 31.7 Å². The number of alkyl halides is 2. The van der Waals surface area contributed by atoms with Crippen LogP contribution < -0.4 is 5.32 Å². The lowest BCUT2D eigenvalue weighted by molar-refractivity contribution is -0.143. The fourth-order valence-corrected chi connectivity index (χ4v) is 5.73. The largest absolute Gasteiger partial charge is 0.466 e. The molecule has 0 aliphatic carbocycles. The van der Waals surface area contributed by atoms with Crippen molar-refractivity contribution in [2.45, 2.75) is 101 Å². The normalized spacial score (nSPS) is 16.8. The number of aldehydes is 1. The molecular formula is C37H51F2N2O10P. The summed E-state index contributed by atoms with van der Waals surface area (Å²) in [4.78, 5) is 65.2. The number of nitrogens with zero attached hydrogens (tertiary/aromatic N) is 1. The summed E-state index contributed by atoms with van der Waals surface area (Å²) in [5, 5.41) is 20.2. The first-order valence-electron chi connectivity index (χ1n) is 17.8. The molecule has 52 heavy (non-hydrogen) atoms. The zero-order valence-corrected chi connectivity index (χ0v) is 30.5. The van der Waals surface area contributed by atoms with Crippen molar-refractivity contribution in [1.82, 2.24) is 10.2 Å². The van der Waals surface area contributed by atoms with Gasteiger partial charge in [-0.2, -0.15) is 8.78 Å². The quantitative estimate of drug-likeness (QED) is 0.0403. The molecule has 1 heterocycles. The van der Waals surface area contributed by atoms with Crippen molar-refractivity contribution < 1.29 is 58.6 Å². The highest BCUT2D eigenvalue weighted by Crippen LogP contribution is 2.50. The Bertz CT molecular complexity index is 1550. The number of halogens is 2. The monoisotopic (exact) mass is 754 g/mol. The van der Waals surface area contributed by atoms with E-state index in [0.29, 0.717) is 44.4 Å². The van der Waals surface area contributed by atoms with Crippen LogP contribution in [0.4, 0.5) is 8.78 Å². The molecule has 5 N–H and O–H groups in total. The number of ether oxygens (including phenoxy) is 1. The lowest BCUT2D eigenvalue weighted by atomic mass is 10.0. The number of benzene rings is 2. The van der Waals surface area contributed by atoms with Gasteiger partial charge in [0.1, 0.15) is 12.4 Å². The highest BCUT2D eigenvalue weighted by atomic mass is 31.2. The number of nitrogens with one attached hydrogen (secondary N) is 1. The molecule has 288 valence electrons. The second-order valence-electron chi connectivity index (χ2n) is 12.6. The first kappa shape index (κ1) is 42.6. The van der Waals surface area contributed by atoms with Crippen LogP contribution >= 0.6 is 7.60 Å². The van der Waals surface area contributed by atoms with Crippen LogP contribution in [0, 0.1) is 0 Å². The van der Waals surface area contributed by atoms with Crippen LogP contribution in [-0.2, 0) is 36.0 Å². The number of esters is 1. The van der Waals surface area contributed by atoms with Gasteiger partial charge in [0.05, 0.1) is 14.0 Å². The van der Waals surface area contributed by atoms with Gasteiger partial charge in [-0.1, -0.05) is 67.4 Å². The molecule has 0 saturated carbocycles. The first-order chi connectivity index (χ1) is 24.9. The number of carbonyl (C=O) groups is 4. The van der Waals surface area contributed by atoms with Crippen molar-refractivity contribution in [2.75, 3.05) is 19.7 Å². The Labute approximate surface area is 304 Å². The number of rotatable bonds is 20. The first-order valence-corrected chi connectivity index (χ1v) is 18.9. The van der Waals surface area contributed by atoms with Gasteiger partial charge in [0.15, 0.2) is 5.34 Å². The van der Waals surface area contributed by atoms with Crippen LogP contribution in [0.15, 0.2) is 66.7 Å². The average Bonchev–Trinajstić information content (AvgIpc) is 3.46. The van der Waals surface area contributed by atoms with E-state index in [9.17, 15) is 42.7 Å². The lowest BCUT2D eigenvalue weighted by Gasteiger charge is -2.24. The number of aliphatic hydroxyl groups is 2. The molecule has 1 unspecified atom stereocenters. The summed E-state index contributed by atoms with van der Waals surface area (Å²) in [5.74, 6) is -4.04. The predicted molar refractivity (Wildman–Crippen MR) is 190 cm³/mol. The topological polar surface area (TPSA) is 191 Å². The maximum absolute atomic E-state index is 14.5. The summed E-state index contributed by atoms with van der Waals surface area (Å²) in [5.41, 5.74) is 0.878. The van der Waals surface area contributed by atoms with Crippen LogP contribution in [0.1, 0.15) is 94.5 Å². The molecule has 0 bridgehead atoms. The van der Waals surface area contributed by atoms with E-state index in [2.05, 4.69) is 5.32 Å². The molecule has 12 nitrogen and oxygen atoms in total. The van der Waals surface area contributed by atoms with E-state index in [0.717, 1.165) is 62.7 Å². The molecule has 1 aliphatic rings. The van der Waals surface area contributed by atoms with Crippen molar-refractivity contribution in [1.29, 1.82) is 0 Å². The van der Waals surface area contributed by atoms with Gasteiger partial charge in [0, 0.05) is 43.5 Å². The third-order valence-electron chi connectivity index (χ3n) is 8.48. The minimum Gasteiger partial charge on any atom is -0.466 e. The minimum absolute atomic E-state index is 0.0199. The summed E-state index contributed by atoms with van der Waals surface area (Å²) in [6.07, 6.45) is 6.17. The van der Waals surface area contributed by atoms with E-state index in [1.807, 2.05) is 0 Å². The molecule has 1 saturated heterocycles. The van der Waals surface area contributed by atoms with Crippen molar-refractivity contribution in [3.63, 3.8) is 0 Å². The Morgan fingerprint density at radius 2 is 1.77 bits per heavy atom. The summed E-state index contributed by atoms with van der Waals surface area (Å²) in [6.45, 7) is 3.92. The summed E-state index contributed by atoms with van der Waals surface area (Å²) in [7, 11) is -4.59. The number of hydrogen-bond donors (Lipinski definition) is 5. The smallest absolute Gasteiger partial charge is 0.356 e. The van der Waals surface area contributed by atoms with Crippen molar-refractivity contribution in [3.05, 3.63) is 83.4 Å². The molecule has 2 amide bonds. The van der Waals surface area contributed by atoms with Crippen molar-refractivity contribution in [2.24, 2.45) is 0 Å². The second kappa shape index (κ2) is 21.7. The molecule has 2 aromatic carbocycles. The average molecular weight is 755 g/mol. The maximum Gasteiger partial charge on any atom is 0.356 e. The van der Waals surface area contributed by atoms with Gasteiger partial charge in [0.2, 0.25) is 5.91 Å². The lowest BCUT2D eigenvalue weighted by Crippen LogP contribution is -2.34. The van der Waals surface area contributed by atoms with E-state index in [1.54, 1.807) is 36.1 Å². The highest BCUT2D eigenvalue weighted by molar-refractivity contribution is 7.53. The molecule has 1 fully saturated rings. The van der Waals surface area contributed by atoms with E-state index in [1.165, 1.54) is 18.2 Å². The van der Waals surface area contributed by atoms with Gasteiger partial charge in [0.25, 0.3) is 5.91 Å². The van der Waals surface area contributed by atoms with E-state index in [4.69, 9.17) is 15.9 Å². The molecule has 0 aromatic heterocycles. The zero-order chi connectivity index (χ0) is 39.7. The Morgan fingerprint density at radius 1 is 1.12 bits per heavy atom. The van der Waals surface area contributed by atoms with E-state index in [-0.39, 0.29) is 54.8 Å². The van der Waals surface area contributed by atoms with Crippen LogP contribution in [0.5, 0.6) is 0 Å². The molecule has 3 atom stereocenters. The fraction of sp³-hybridized carbons (Fsp3) is 0.514. The minimum atomic E-state index is -4.59. The molecule has 2 aromatic rings. The van der Waals surface area contributed by atoms with Crippen LogP contribution in [0.25, 0.3) is 0 Å². The maximum atomic E-state index is 14.5. The van der Waals surface area contributed by atoms with Crippen LogP contribution in [-0.4, -0.2) is 86.2 Å². The van der Waals surface area contributed by atoms with Gasteiger partial charge in [-0.25, -0.2) is 0 Å². The molecule has 0 radical (unpaired) electrons. The second-order valence-corrected chi connectivity index (χ2v) is 14.6. The zero-order valence-electron chi connectivity index (χ0n) is 30.6. The molecule has 3 rings (SSSR count). The molecule has 15 heteroatoms. The van der Waals surface area contributed by atoms with Gasteiger partial charge < -0.3 is 39.7 Å². The van der Waals surface area contributed by atoms with E-state index >= 15 is 0 Å². The Hall–Kier alpha value is -3.81. The van der Waals surface area contributed by atoms with Gasteiger partial charge in [-0.3, -0.25) is 18.9 Å². The number of amides is 2. The summed E-state index contributed by atoms with van der Waals surface area (Å²) >= 11 is 0. The fourth-order valence-electron chi connectivity index (χ4n) is 5.28. The third kappa shape index (κ3) is 14.7. The van der Waals surface area contributed by atoms with Gasteiger partial charge >= 0.3 is 19.5 Å². The van der Waals surface area contributed by atoms with Crippen LogP contribution in [0.3, 0.4) is 0 Å². The SMILES string of the molecule is CC(O)(CCCNC(=O)c1ccc(CC=O)cc1)P(=O)(O)O.[3H]c1ccc(C(F)(F)[C@H](O)/C=C/[C@H]2CCC(=O)N2CCCCCCC(=O)OCC)cc1. The molecule has 0 spiro atoms. The number of aliphatic hydroxyl groups excluding tert-OH is 1. The van der Waals surface area contributed by atoms with Gasteiger partial charge in [-0.05, 0) is 63.6 Å². The molecule has 1 aliphatic heterocycles. The number of likely N-dealkylation sites (tertiary alicyclic amines) is 1.